The molecule has 1 amide bonds. The number of benzene rings is 2. The van der Waals surface area contributed by atoms with Crippen LogP contribution in [0.2, 0.25) is 5.02 Å². The molecule has 2 aromatic carbocycles. The first-order chi connectivity index (χ1) is 21.3. The number of nitrogens with one attached hydrogen (secondary N) is 2. The Morgan fingerprint density at radius 3 is 2.43 bits per heavy atom. The van der Waals surface area contributed by atoms with Crippen molar-refractivity contribution < 1.29 is 33.0 Å². The van der Waals surface area contributed by atoms with Gasteiger partial charge in [0.05, 0.1) is 37.1 Å². The zero-order valence-corrected chi connectivity index (χ0v) is 25.1. The van der Waals surface area contributed by atoms with Crippen molar-refractivity contribution in [3.63, 3.8) is 0 Å². The molecule has 11 nitrogen and oxygen atoms in total. The second kappa shape index (κ2) is 14.0. The second-order valence-electron chi connectivity index (χ2n) is 10.7. The van der Waals surface area contributed by atoms with Gasteiger partial charge in [-0.15, -0.1) is 0 Å². The number of methoxy groups -OCH3 is 2. The van der Waals surface area contributed by atoms with Gasteiger partial charge in [0.15, 0.2) is 0 Å². The van der Waals surface area contributed by atoms with Crippen LogP contribution in [0.25, 0.3) is 10.9 Å². The molecule has 5 rings (SSSR count). The van der Waals surface area contributed by atoms with Crippen molar-refractivity contribution in [1.29, 1.82) is 0 Å². The predicted octanol–water partition coefficient (Wildman–Crippen LogP) is 5.02. The Balaban J connectivity index is 1.38. The molecule has 44 heavy (non-hydrogen) atoms. The van der Waals surface area contributed by atoms with E-state index in [1.165, 1.54) is 44.8 Å². The first kappa shape index (κ1) is 31.1. The van der Waals surface area contributed by atoms with Crippen LogP contribution in [0, 0.1) is 11.7 Å². The Kier molecular flexibility index (Phi) is 9.91. The lowest BCUT2D eigenvalue weighted by molar-refractivity contribution is -0.157. The number of amides is 1. The van der Waals surface area contributed by atoms with Crippen molar-refractivity contribution in [3.8, 4) is 5.75 Å². The number of carbonyl (C=O) groups excluding carboxylic acids is 3. The number of esters is 2. The molecular formula is C31H33ClFN5O6. The number of hydrogen-bond donors (Lipinski definition) is 2. The van der Waals surface area contributed by atoms with Crippen LogP contribution in [-0.4, -0.2) is 72.2 Å². The number of fused-ring (bicyclic) bond motifs is 1. The summed E-state index contributed by atoms with van der Waals surface area (Å²) in [5.41, 5.74) is 1.50. The van der Waals surface area contributed by atoms with E-state index in [1.54, 1.807) is 23.1 Å². The molecule has 232 valence electrons. The second-order valence-corrected chi connectivity index (χ2v) is 11.1. The van der Waals surface area contributed by atoms with E-state index in [9.17, 15) is 18.8 Å². The highest BCUT2D eigenvalue weighted by molar-refractivity contribution is 6.31. The first-order valence-electron chi connectivity index (χ1n) is 14.3. The number of aromatic nitrogens is 2. The van der Waals surface area contributed by atoms with Gasteiger partial charge in [0, 0.05) is 29.8 Å². The van der Waals surface area contributed by atoms with E-state index in [4.69, 9.17) is 25.8 Å². The van der Waals surface area contributed by atoms with Gasteiger partial charge in [-0.25, -0.2) is 14.4 Å². The molecule has 2 aliphatic rings. The predicted molar refractivity (Wildman–Crippen MR) is 162 cm³/mol. The minimum Gasteiger partial charge on any atom is -0.491 e. The zero-order valence-electron chi connectivity index (χ0n) is 24.3. The van der Waals surface area contributed by atoms with Gasteiger partial charge in [0.25, 0.3) is 0 Å². The summed E-state index contributed by atoms with van der Waals surface area (Å²) in [6.07, 6.45) is 8.23. The van der Waals surface area contributed by atoms with Gasteiger partial charge in [-0.3, -0.25) is 19.3 Å². The lowest BCUT2D eigenvalue weighted by Gasteiger charge is -2.38. The molecule has 2 fully saturated rings. The molecule has 0 spiro atoms. The Labute approximate surface area is 258 Å². The highest BCUT2D eigenvalue weighted by Crippen LogP contribution is 2.36. The van der Waals surface area contributed by atoms with Gasteiger partial charge in [-0.2, -0.15) is 0 Å². The summed E-state index contributed by atoms with van der Waals surface area (Å²) in [6.45, 7) is 0.658. The molecule has 1 saturated carbocycles. The fourth-order valence-corrected chi connectivity index (χ4v) is 5.33. The topological polar surface area (TPSA) is 132 Å². The molecule has 2 unspecified atom stereocenters. The van der Waals surface area contributed by atoms with E-state index in [-0.39, 0.29) is 11.6 Å². The van der Waals surface area contributed by atoms with E-state index in [0.717, 1.165) is 12.8 Å². The molecule has 2 atom stereocenters. The van der Waals surface area contributed by atoms with Gasteiger partial charge in [0.1, 0.15) is 35.8 Å². The van der Waals surface area contributed by atoms with E-state index in [0.29, 0.717) is 65.6 Å². The van der Waals surface area contributed by atoms with Crippen LogP contribution in [0.5, 0.6) is 5.75 Å². The van der Waals surface area contributed by atoms with Gasteiger partial charge in [-0.1, -0.05) is 17.7 Å². The average molecular weight is 626 g/mol. The van der Waals surface area contributed by atoms with Crippen molar-refractivity contribution in [1.82, 2.24) is 14.9 Å². The molecule has 0 radical (unpaired) electrons. The lowest BCUT2D eigenvalue weighted by atomic mass is 9.95. The summed E-state index contributed by atoms with van der Waals surface area (Å²) in [7, 11) is 2.61. The fourth-order valence-electron chi connectivity index (χ4n) is 5.15. The average Bonchev–Trinajstić information content (AvgIpc) is 3.86. The van der Waals surface area contributed by atoms with Crippen LogP contribution in [0.1, 0.15) is 32.1 Å². The van der Waals surface area contributed by atoms with Crippen molar-refractivity contribution in [2.45, 2.75) is 44.2 Å². The van der Waals surface area contributed by atoms with Gasteiger partial charge < -0.3 is 24.8 Å². The van der Waals surface area contributed by atoms with Crippen molar-refractivity contribution in [2.24, 2.45) is 5.92 Å². The number of anilines is 3. The quantitative estimate of drug-likeness (QED) is 0.221. The van der Waals surface area contributed by atoms with Crippen molar-refractivity contribution >= 4 is 57.5 Å². The fraction of sp³-hybridized carbons (Fsp3) is 0.387. The summed E-state index contributed by atoms with van der Waals surface area (Å²) >= 11 is 5.95. The Bertz CT molecular complexity index is 1560. The summed E-state index contributed by atoms with van der Waals surface area (Å²) < 4.78 is 29.7. The Hall–Kier alpha value is -4.29. The molecular weight excluding hydrogens is 593 g/mol. The lowest BCUT2D eigenvalue weighted by Crippen LogP contribution is -2.54. The normalized spacial score (nSPS) is 18.6. The van der Waals surface area contributed by atoms with E-state index in [2.05, 4.69) is 20.6 Å². The van der Waals surface area contributed by atoms with Crippen LogP contribution in [-0.2, 0) is 23.9 Å². The standard InChI is InChI=1S/C31H33ClFN5O6/c1-42-30(40)25-5-3-6-26(31(41)43-2)38(25)12-4-7-28(39)37-24-14-20-23(15-27(24)44-16-18-8-9-18)34-17-35-29(20)36-19-10-11-22(33)21(32)13-19/h4,7,10-11,13-15,17-18,25-26H,3,5-6,8-9,12,16H2,1-2H3,(H,37,39)(H,34,35,36)/b7-4-. The highest BCUT2D eigenvalue weighted by Gasteiger charge is 2.39. The monoisotopic (exact) mass is 625 g/mol. The third kappa shape index (κ3) is 7.43. The number of carbonyl (C=O) groups is 3. The van der Waals surface area contributed by atoms with E-state index in [1.807, 2.05) is 0 Å². The molecule has 1 saturated heterocycles. The first-order valence-corrected chi connectivity index (χ1v) is 14.7. The Morgan fingerprint density at radius 1 is 1.05 bits per heavy atom. The highest BCUT2D eigenvalue weighted by atomic mass is 35.5. The maximum Gasteiger partial charge on any atom is 0.323 e. The molecule has 2 heterocycles. The molecule has 1 aliphatic heterocycles. The van der Waals surface area contributed by atoms with Gasteiger partial charge in [0.2, 0.25) is 5.91 Å². The molecule has 1 aliphatic carbocycles. The van der Waals surface area contributed by atoms with Crippen LogP contribution >= 0.6 is 11.6 Å². The maximum absolute atomic E-state index is 13.7. The molecule has 3 aromatic rings. The SMILES string of the molecule is COC(=O)C1CCCC(C(=O)OC)N1C/C=C\C(=O)Nc1cc2c(Nc3ccc(F)c(Cl)c3)ncnc2cc1OCC1CC1. The van der Waals surface area contributed by atoms with Crippen LogP contribution in [0.4, 0.5) is 21.6 Å². The van der Waals surface area contributed by atoms with Crippen LogP contribution in [0.3, 0.4) is 0 Å². The minimum absolute atomic E-state index is 0.0377. The number of rotatable bonds is 11. The van der Waals surface area contributed by atoms with E-state index >= 15 is 0 Å². The molecule has 0 bridgehead atoms. The number of nitrogens with zero attached hydrogens (tertiary/aromatic N) is 3. The molecule has 2 N–H and O–H groups in total. The number of hydrogen-bond acceptors (Lipinski definition) is 10. The largest absolute Gasteiger partial charge is 0.491 e. The Morgan fingerprint density at radius 2 is 1.77 bits per heavy atom. The number of ether oxygens (including phenoxy) is 3. The molecule has 13 heteroatoms. The number of piperidine rings is 1. The minimum atomic E-state index is -0.629. The third-order valence-corrected chi connectivity index (χ3v) is 7.93. The molecule has 1 aromatic heterocycles. The van der Waals surface area contributed by atoms with Crippen LogP contribution in [0.15, 0.2) is 48.8 Å². The maximum atomic E-state index is 13.7. The van der Waals surface area contributed by atoms with Crippen molar-refractivity contribution in [2.75, 3.05) is 38.0 Å². The summed E-state index contributed by atoms with van der Waals surface area (Å²) in [5, 5.41) is 6.55. The third-order valence-electron chi connectivity index (χ3n) is 7.64. The van der Waals surface area contributed by atoms with Crippen molar-refractivity contribution in [3.05, 3.63) is 59.7 Å². The number of likely N-dealkylation sites (tertiary alicyclic amines) is 1. The zero-order chi connectivity index (χ0) is 31.2. The van der Waals surface area contributed by atoms with Crippen LogP contribution < -0.4 is 15.4 Å². The summed E-state index contributed by atoms with van der Waals surface area (Å²) in [6, 6.07) is 6.42. The smallest absolute Gasteiger partial charge is 0.323 e. The van der Waals surface area contributed by atoms with E-state index < -0.39 is 35.7 Å². The summed E-state index contributed by atoms with van der Waals surface area (Å²) in [5.74, 6) is -0.534. The summed E-state index contributed by atoms with van der Waals surface area (Å²) in [4.78, 5) is 48.4. The van der Waals surface area contributed by atoms with Gasteiger partial charge >= 0.3 is 11.9 Å². The van der Waals surface area contributed by atoms with Gasteiger partial charge in [-0.05, 0) is 62.3 Å². The number of halogens is 2.